The third-order valence-electron chi connectivity index (χ3n) is 5.11. The van der Waals surface area contributed by atoms with Gasteiger partial charge in [0, 0.05) is 19.4 Å². The van der Waals surface area contributed by atoms with Crippen LogP contribution in [0.3, 0.4) is 0 Å². The molecule has 1 aromatic heterocycles. The summed E-state index contributed by atoms with van der Waals surface area (Å²) in [6.45, 7) is 0. The van der Waals surface area contributed by atoms with E-state index in [1.165, 1.54) is 0 Å². The summed E-state index contributed by atoms with van der Waals surface area (Å²) in [6, 6.07) is 13.6. The van der Waals surface area contributed by atoms with Crippen molar-refractivity contribution in [3.8, 4) is 0 Å². The maximum absolute atomic E-state index is 12.6. The Morgan fingerprint density at radius 3 is 2.77 bits per heavy atom. The second-order valence-electron chi connectivity index (χ2n) is 6.68. The highest BCUT2D eigenvalue weighted by atomic mass is 32.1. The number of rotatable bonds is 5. The first kappa shape index (κ1) is 18.5. The molecule has 1 aromatic carbocycles. The van der Waals surface area contributed by atoms with Crippen molar-refractivity contribution >= 4 is 23.2 Å². The van der Waals surface area contributed by atoms with Gasteiger partial charge >= 0.3 is 5.97 Å². The molecule has 1 aliphatic carbocycles. The number of likely N-dealkylation sites (N-methyl/N-ethyl adjacent to an activating group) is 1. The molecule has 26 heavy (non-hydrogen) atoms. The standard InChI is InChI=1S/C21H24N2O2S/c1-22-20(26)21(17-10-7-13-23-15-17)12-6-5-11-18(21)25-19(24)14-16-8-3-2-4-9-16/h2-4,7-10,13,15,18H,5-6,11-12,14H2,1H3,(H,22,26)/t18-,21+/m1/s1. The van der Waals surface area contributed by atoms with Crippen LogP contribution < -0.4 is 5.32 Å². The Kier molecular flexibility index (Phi) is 5.99. The molecule has 0 radical (unpaired) electrons. The van der Waals surface area contributed by atoms with Crippen molar-refractivity contribution in [1.82, 2.24) is 10.3 Å². The number of pyridine rings is 1. The SMILES string of the molecule is CNC(=S)[C@]1(c2cccnc2)CCCC[C@H]1OC(=O)Cc1ccccc1. The van der Waals surface area contributed by atoms with E-state index in [4.69, 9.17) is 17.0 Å². The van der Waals surface area contributed by atoms with Crippen LogP contribution in [0, 0.1) is 0 Å². The van der Waals surface area contributed by atoms with Gasteiger partial charge in [0.05, 0.1) is 16.8 Å². The Morgan fingerprint density at radius 2 is 2.08 bits per heavy atom. The number of benzene rings is 1. The van der Waals surface area contributed by atoms with Gasteiger partial charge in [0.2, 0.25) is 0 Å². The van der Waals surface area contributed by atoms with Crippen molar-refractivity contribution in [3.05, 3.63) is 66.0 Å². The number of nitrogens with zero attached hydrogens (tertiary/aromatic N) is 1. The van der Waals surface area contributed by atoms with E-state index < -0.39 is 5.41 Å². The zero-order valence-corrected chi connectivity index (χ0v) is 15.8. The fourth-order valence-corrected chi connectivity index (χ4v) is 4.19. The Bertz CT molecular complexity index is 751. The fourth-order valence-electron chi connectivity index (χ4n) is 3.83. The van der Waals surface area contributed by atoms with Crippen LogP contribution in [0.1, 0.15) is 36.8 Å². The Balaban J connectivity index is 1.87. The first-order chi connectivity index (χ1) is 12.7. The van der Waals surface area contributed by atoms with Crippen LogP contribution in [-0.4, -0.2) is 29.1 Å². The van der Waals surface area contributed by atoms with E-state index in [0.29, 0.717) is 4.99 Å². The maximum Gasteiger partial charge on any atom is 0.310 e. The van der Waals surface area contributed by atoms with Crippen molar-refractivity contribution in [1.29, 1.82) is 0 Å². The minimum absolute atomic E-state index is 0.213. The van der Waals surface area contributed by atoms with Crippen LogP contribution in [0.15, 0.2) is 54.9 Å². The lowest BCUT2D eigenvalue weighted by molar-refractivity contribution is -0.152. The topological polar surface area (TPSA) is 51.2 Å². The molecule has 2 atom stereocenters. The number of aromatic nitrogens is 1. The maximum atomic E-state index is 12.6. The summed E-state index contributed by atoms with van der Waals surface area (Å²) in [7, 11) is 1.83. The van der Waals surface area contributed by atoms with Gasteiger partial charge in [0.1, 0.15) is 6.10 Å². The van der Waals surface area contributed by atoms with Gasteiger partial charge in [-0.05, 0) is 36.5 Å². The molecule has 4 nitrogen and oxygen atoms in total. The van der Waals surface area contributed by atoms with Crippen molar-refractivity contribution in [2.24, 2.45) is 0 Å². The molecule has 1 aliphatic rings. The molecule has 0 aliphatic heterocycles. The van der Waals surface area contributed by atoms with Gasteiger partial charge in [-0.25, -0.2) is 0 Å². The van der Waals surface area contributed by atoms with Crippen LogP contribution in [0.5, 0.6) is 0 Å². The molecular formula is C21H24N2O2S. The van der Waals surface area contributed by atoms with Crippen molar-refractivity contribution in [2.75, 3.05) is 7.05 Å². The van der Waals surface area contributed by atoms with Gasteiger partial charge < -0.3 is 10.1 Å². The molecule has 1 heterocycles. The van der Waals surface area contributed by atoms with Crippen LogP contribution in [0.2, 0.25) is 0 Å². The van der Waals surface area contributed by atoms with Crippen LogP contribution in [-0.2, 0) is 21.4 Å². The van der Waals surface area contributed by atoms with E-state index in [9.17, 15) is 4.79 Å². The lowest BCUT2D eigenvalue weighted by Gasteiger charge is -2.43. The first-order valence-electron chi connectivity index (χ1n) is 9.03. The minimum atomic E-state index is -0.511. The summed E-state index contributed by atoms with van der Waals surface area (Å²) < 4.78 is 5.99. The zero-order valence-electron chi connectivity index (χ0n) is 15.0. The molecule has 0 spiro atoms. The van der Waals surface area contributed by atoms with E-state index in [0.717, 1.165) is 36.8 Å². The van der Waals surface area contributed by atoms with Gasteiger partial charge in [0.15, 0.2) is 0 Å². The Morgan fingerprint density at radius 1 is 1.27 bits per heavy atom. The number of nitrogens with one attached hydrogen (secondary N) is 1. The zero-order chi connectivity index (χ0) is 18.4. The third-order valence-corrected chi connectivity index (χ3v) is 5.68. The van der Waals surface area contributed by atoms with Gasteiger partial charge in [-0.1, -0.05) is 55.0 Å². The first-order valence-corrected chi connectivity index (χ1v) is 9.44. The van der Waals surface area contributed by atoms with Gasteiger partial charge in [0.25, 0.3) is 0 Å². The second-order valence-corrected chi connectivity index (χ2v) is 7.09. The molecule has 1 N–H and O–H groups in total. The quantitative estimate of drug-likeness (QED) is 0.646. The minimum Gasteiger partial charge on any atom is -0.461 e. The largest absolute Gasteiger partial charge is 0.461 e. The predicted molar refractivity (Wildman–Crippen MR) is 106 cm³/mol. The number of thiocarbonyl (C=S) groups is 1. The monoisotopic (exact) mass is 368 g/mol. The van der Waals surface area contributed by atoms with E-state index >= 15 is 0 Å². The lowest BCUT2D eigenvalue weighted by atomic mass is 9.67. The normalized spacial score (nSPS) is 22.4. The number of carbonyl (C=O) groups excluding carboxylic acids is 1. The van der Waals surface area contributed by atoms with Crippen molar-refractivity contribution in [3.63, 3.8) is 0 Å². The second kappa shape index (κ2) is 8.41. The average Bonchev–Trinajstić information content (AvgIpc) is 2.69. The molecule has 136 valence electrons. The summed E-state index contributed by atoms with van der Waals surface area (Å²) in [5.41, 5.74) is 1.45. The fraction of sp³-hybridized carbons (Fsp3) is 0.381. The van der Waals surface area contributed by atoms with Gasteiger partial charge in [-0.15, -0.1) is 0 Å². The Hall–Kier alpha value is -2.27. The molecule has 0 bridgehead atoms. The molecule has 1 saturated carbocycles. The smallest absolute Gasteiger partial charge is 0.310 e. The highest BCUT2D eigenvalue weighted by Gasteiger charge is 2.48. The van der Waals surface area contributed by atoms with Crippen LogP contribution in [0.4, 0.5) is 0 Å². The molecule has 2 aromatic rings. The lowest BCUT2D eigenvalue weighted by Crippen LogP contribution is -2.54. The highest BCUT2D eigenvalue weighted by molar-refractivity contribution is 7.80. The predicted octanol–water partition coefficient (Wildman–Crippen LogP) is 3.59. The summed E-state index contributed by atoms with van der Waals surface area (Å²) in [5.74, 6) is -0.213. The number of hydrogen-bond acceptors (Lipinski definition) is 4. The number of carbonyl (C=O) groups is 1. The molecule has 0 amide bonds. The highest BCUT2D eigenvalue weighted by Crippen LogP contribution is 2.42. The van der Waals surface area contributed by atoms with Gasteiger partial charge in [-0.2, -0.15) is 0 Å². The summed E-state index contributed by atoms with van der Waals surface area (Å²) in [5, 5.41) is 3.14. The molecule has 1 fully saturated rings. The summed E-state index contributed by atoms with van der Waals surface area (Å²) >= 11 is 5.70. The average molecular weight is 369 g/mol. The summed E-state index contributed by atoms with van der Waals surface area (Å²) in [4.78, 5) is 17.6. The van der Waals surface area contributed by atoms with Crippen molar-refractivity contribution in [2.45, 2.75) is 43.6 Å². The van der Waals surface area contributed by atoms with E-state index in [1.54, 1.807) is 6.20 Å². The van der Waals surface area contributed by atoms with Gasteiger partial charge in [-0.3, -0.25) is 9.78 Å². The number of ether oxygens (including phenoxy) is 1. The van der Waals surface area contributed by atoms with Crippen LogP contribution in [0.25, 0.3) is 0 Å². The van der Waals surface area contributed by atoms with E-state index in [2.05, 4.69) is 10.3 Å². The number of hydrogen-bond donors (Lipinski definition) is 1. The molecule has 0 unspecified atom stereocenters. The van der Waals surface area contributed by atoms with E-state index in [-0.39, 0.29) is 18.5 Å². The van der Waals surface area contributed by atoms with Crippen LogP contribution >= 0.6 is 12.2 Å². The molecule has 5 heteroatoms. The molecule has 0 saturated heterocycles. The van der Waals surface area contributed by atoms with Crippen molar-refractivity contribution < 1.29 is 9.53 Å². The number of esters is 1. The summed E-state index contributed by atoms with van der Waals surface area (Å²) in [6.07, 6.45) is 7.30. The Labute approximate surface area is 160 Å². The molecular weight excluding hydrogens is 344 g/mol. The molecule has 3 rings (SSSR count). The third kappa shape index (κ3) is 3.78. The van der Waals surface area contributed by atoms with E-state index in [1.807, 2.05) is 55.7 Å².